The molecule has 0 heterocycles. The minimum Gasteiger partial charge on any atom is -0.464 e. The van der Waals surface area contributed by atoms with Gasteiger partial charge in [-0.3, -0.25) is 9.69 Å². The van der Waals surface area contributed by atoms with E-state index in [0.717, 1.165) is 5.56 Å². The van der Waals surface area contributed by atoms with Crippen molar-refractivity contribution >= 4 is 17.6 Å². The van der Waals surface area contributed by atoms with Crippen LogP contribution in [0.4, 0.5) is 5.69 Å². The number of anilines is 1. The van der Waals surface area contributed by atoms with Crippen molar-refractivity contribution in [3.63, 3.8) is 0 Å². The molecule has 1 atom stereocenters. The highest BCUT2D eigenvalue weighted by Crippen LogP contribution is 2.26. The highest BCUT2D eigenvalue weighted by molar-refractivity contribution is 6.09. The number of hydrogen-bond donors (Lipinski definition) is 0. The number of nitrogens with zero attached hydrogens (tertiary/aromatic N) is 1. The lowest BCUT2D eigenvalue weighted by atomic mass is 10.1. The number of ether oxygens (including phenoxy) is 1. The number of rotatable bonds is 7. The smallest absolute Gasteiger partial charge is 0.328 e. The summed E-state index contributed by atoms with van der Waals surface area (Å²) in [5, 5.41) is 0. The molecule has 1 amide bonds. The number of benzene rings is 2. The van der Waals surface area contributed by atoms with Gasteiger partial charge in [-0.05, 0) is 44.0 Å². The second kappa shape index (κ2) is 8.83. The molecule has 25 heavy (non-hydrogen) atoms. The lowest BCUT2D eigenvalue weighted by Gasteiger charge is -2.29. The summed E-state index contributed by atoms with van der Waals surface area (Å²) in [6, 6.07) is 15.7. The minimum absolute atomic E-state index is 0.238. The maximum Gasteiger partial charge on any atom is 0.328 e. The molecule has 4 heteroatoms. The summed E-state index contributed by atoms with van der Waals surface area (Å²) in [5.74, 6) is -0.669. The van der Waals surface area contributed by atoms with Gasteiger partial charge in [0.05, 0.1) is 6.61 Å². The molecule has 0 saturated carbocycles. The molecule has 0 aromatic heterocycles. The summed E-state index contributed by atoms with van der Waals surface area (Å²) in [6.45, 7) is 7.48. The van der Waals surface area contributed by atoms with E-state index in [2.05, 4.69) is 6.58 Å². The van der Waals surface area contributed by atoms with Crippen molar-refractivity contribution < 1.29 is 14.3 Å². The summed E-state index contributed by atoms with van der Waals surface area (Å²) < 4.78 is 5.14. The third-order valence-corrected chi connectivity index (χ3v) is 3.87. The fraction of sp³-hybridized carbons (Fsp3) is 0.238. The average molecular weight is 337 g/mol. The molecule has 0 N–H and O–H groups in total. The Kier molecular flexibility index (Phi) is 6.52. The summed E-state index contributed by atoms with van der Waals surface area (Å²) in [4.78, 5) is 27.0. The van der Waals surface area contributed by atoms with E-state index in [1.165, 1.54) is 4.90 Å². The summed E-state index contributed by atoms with van der Waals surface area (Å²) in [5.41, 5.74) is 2.14. The first-order valence-electron chi connectivity index (χ1n) is 8.34. The molecular formula is C21H23NO3. The SMILES string of the molecule is C=CCc1ccccc1N(C(=O)c1ccccc1)C(C)C(=O)OCC. The van der Waals surface area contributed by atoms with E-state index < -0.39 is 12.0 Å². The molecule has 2 rings (SSSR count). The Hall–Kier alpha value is -2.88. The number of esters is 1. The van der Waals surface area contributed by atoms with Crippen LogP contribution in [-0.4, -0.2) is 24.5 Å². The largest absolute Gasteiger partial charge is 0.464 e. The predicted octanol–water partition coefficient (Wildman–Crippen LogP) is 4.01. The summed E-state index contributed by atoms with van der Waals surface area (Å²) in [7, 11) is 0. The van der Waals surface area contributed by atoms with Crippen LogP contribution in [0.15, 0.2) is 67.3 Å². The summed E-state index contributed by atoms with van der Waals surface area (Å²) >= 11 is 0. The van der Waals surface area contributed by atoms with Crippen LogP contribution in [0.1, 0.15) is 29.8 Å². The third kappa shape index (κ3) is 4.35. The van der Waals surface area contributed by atoms with Crippen LogP contribution in [0, 0.1) is 0 Å². The van der Waals surface area contributed by atoms with Crippen LogP contribution < -0.4 is 4.90 Å². The first-order chi connectivity index (χ1) is 12.1. The normalized spacial score (nSPS) is 11.4. The lowest BCUT2D eigenvalue weighted by molar-refractivity contribution is -0.144. The maximum absolute atomic E-state index is 13.1. The van der Waals surface area contributed by atoms with Crippen LogP contribution in [0.5, 0.6) is 0 Å². The van der Waals surface area contributed by atoms with E-state index in [0.29, 0.717) is 17.7 Å². The standard InChI is InChI=1S/C21H23NO3/c1-4-11-17-12-9-10-15-19(17)22(16(3)21(24)25-5-2)20(23)18-13-7-6-8-14-18/h4,6-10,12-16H,1,5,11H2,2-3H3. The van der Waals surface area contributed by atoms with Gasteiger partial charge >= 0.3 is 5.97 Å². The highest BCUT2D eigenvalue weighted by atomic mass is 16.5. The second-order valence-corrected chi connectivity index (χ2v) is 5.59. The van der Waals surface area contributed by atoms with Crippen LogP contribution in [0.3, 0.4) is 0 Å². The Bertz CT molecular complexity index is 740. The number of amides is 1. The van der Waals surface area contributed by atoms with Gasteiger partial charge in [0.25, 0.3) is 5.91 Å². The van der Waals surface area contributed by atoms with Gasteiger partial charge in [0.2, 0.25) is 0 Å². The van der Waals surface area contributed by atoms with Gasteiger partial charge in [0.1, 0.15) is 6.04 Å². The molecule has 0 aliphatic carbocycles. The Morgan fingerprint density at radius 3 is 2.40 bits per heavy atom. The Balaban J connectivity index is 2.51. The first kappa shape index (κ1) is 18.5. The quantitative estimate of drug-likeness (QED) is 0.566. The molecule has 0 aliphatic heterocycles. The monoisotopic (exact) mass is 337 g/mol. The van der Waals surface area contributed by atoms with Crippen LogP contribution in [0.2, 0.25) is 0 Å². The van der Waals surface area contributed by atoms with E-state index in [-0.39, 0.29) is 12.5 Å². The van der Waals surface area contributed by atoms with Crippen molar-refractivity contribution in [2.24, 2.45) is 0 Å². The van der Waals surface area contributed by atoms with Crippen LogP contribution >= 0.6 is 0 Å². The van der Waals surface area contributed by atoms with Gasteiger partial charge in [0, 0.05) is 11.3 Å². The predicted molar refractivity (Wildman–Crippen MR) is 99.7 cm³/mol. The number of para-hydroxylation sites is 1. The van der Waals surface area contributed by atoms with Crippen molar-refractivity contribution in [3.05, 3.63) is 78.4 Å². The Morgan fingerprint density at radius 2 is 1.76 bits per heavy atom. The van der Waals surface area contributed by atoms with Crippen molar-refractivity contribution in [1.29, 1.82) is 0 Å². The number of allylic oxidation sites excluding steroid dienone is 1. The lowest BCUT2D eigenvalue weighted by Crippen LogP contribution is -2.44. The van der Waals surface area contributed by atoms with Gasteiger partial charge in [-0.15, -0.1) is 6.58 Å². The Morgan fingerprint density at radius 1 is 1.12 bits per heavy atom. The third-order valence-electron chi connectivity index (χ3n) is 3.87. The van der Waals surface area contributed by atoms with E-state index in [9.17, 15) is 9.59 Å². The van der Waals surface area contributed by atoms with Gasteiger partial charge in [-0.1, -0.05) is 42.5 Å². The fourth-order valence-electron chi connectivity index (χ4n) is 2.66. The van der Waals surface area contributed by atoms with Gasteiger partial charge in [0.15, 0.2) is 0 Å². The minimum atomic E-state index is -0.737. The van der Waals surface area contributed by atoms with E-state index in [1.807, 2.05) is 30.3 Å². The molecule has 4 nitrogen and oxygen atoms in total. The average Bonchev–Trinajstić information content (AvgIpc) is 2.64. The van der Waals surface area contributed by atoms with E-state index >= 15 is 0 Å². The van der Waals surface area contributed by atoms with Crippen LogP contribution in [-0.2, 0) is 16.0 Å². The molecule has 0 radical (unpaired) electrons. The second-order valence-electron chi connectivity index (χ2n) is 5.59. The Labute approximate surface area is 148 Å². The fourth-order valence-corrected chi connectivity index (χ4v) is 2.66. The maximum atomic E-state index is 13.1. The molecule has 130 valence electrons. The number of hydrogen-bond acceptors (Lipinski definition) is 3. The molecule has 2 aromatic rings. The molecule has 0 spiro atoms. The first-order valence-corrected chi connectivity index (χ1v) is 8.34. The number of carbonyl (C=O) groups is 2. The zero-order chi connectivity index (χ0) is 18.2. The molecular weight excluding hydrogens is 314 g/mol. The molecule has 0 aliphatic rings. The molecule has 0 fully saturated rings. The van der Waals surface area contributed by atoms with Gasteiger partial charge in [-0.2, -0.15) is 0 Å². The molecule has 2 aromatic carbocycles. The van der Waals surface area contributed by atoms with Crippen molar-refractivity contribution in [2.45, 2.75) is 26.3 Å². The summed E-state index contributed by atoms with van der Waals surface area (Å²) in [6.07, 6.45) is 2.38. The topological polar surface area (TPSA) is 46.6 Å². The van der Waals surface area contributed by atoms with Crippen LogP contribution in [0.25, 0.3) is 0 Å². The van der Waals surface area contributed by atoms with Crippen molar-refractivity contribution in [1.82, 2.24) is 0 Å². The molecule has 1 unspecified atom stereocenters. The van der Waals surface area contributed by atoms with Gasteiger partial charge in [-0.25, -0.2) is 4.79 Å². The van der Waals surface area contributed by atoms with Gasteiger partial charge < -0.3 is 4.74 Å². The molecule has 0 bridgehead atoms. The van der Waals surface area contributed by atoms with Crippen molar-refractivity contribution in [2.75, 3.05) is 11.5 Å². The number of carbonyl (C=O) groups excluding carboxylic acids is 2. The highest BCUT2D eigenvalue weighted by Gasteiger charge is 2.30. The van der Waals surface area contributed by atoms with Crippen molar-refractivity contribution in [3.8, 4) is 0 Å². The van der Waals surface area contributed by atoms with E-state index in [1.54, 1.807) is 44.2 Å². The zero-order valence-electron chi connectivity index (χ0n) is 14.6. The molecule has 0 saturated heterocycles. The zero-order valence-corrected chi connectivity index (χ0v) is 14.6. The van der Waals surface area contributed by atoms with E-state index in [4.69, 9.17) is 4.74 Å².